The predicted octanol–water partition coefficient (Wildman–Crippen LogP) is 4.98. The van der Waals surface area contributed by atoms with Gasteiger partial charge in [-0.1, -0.05) is 24.6 Å². The van der Waals surface area contributed by atoms with E-state index in [-0.39, 0.29) is 4.90 Å². The molecule has 0 amide bonds. The molecule has 136 valence electrons. The van der Waals surface area contributed by atoms with Gasteiger partial charge in [-0.15, -0.1) is 0 Å². The first-order chi connectivity index (χ1) is 12.3. The molecule has 3 aromatic rings. The molecule has 0 radical (unpaired) electrons. The van der Waals surface area contributed by atoms with Crippen molar-refractivity contribution in [2.75, 3.05) is 4.72 Å². The SMILES string of the molecule is Cc1ccc(S(=O)(=O)Nc2cc3c4c(oc3cc2C)CC[C@@H](C)C4)cc1. The number of hydrogen-bond donors (Lipinski definition) is 1. The van der Waals surface area contributed by atoms with Crippen LogP contribution in [0.5, 0.6) is 0 Å². The van der Waals surface area contributed by atoms with E-state index in [0.717, 1.165) is 47.1 Å². The normalized spacial score (nSPS) is 17.3. The molecule has 5 heteroatoms. The molecule has 0 spiro atoms. The summed E-state index contributed by atoms with van der Waals surface area (Å²) in [6.07, 6.45) is 3.07. The smallest absolute Gasteiger partial charge is 0.261 e. The number of sulfonamides is 1. The minimum absolute atomic E-state index is 0.269. The Hall–Kier alpha value is -2.27. The van der Waals surface area contributed by atoms with Crippen molar-refractivity contribution in [3.63, 3.8) is 0 Å². The minimum atomic E-state index is -3.62. The predicted molar refractivity (Wildman–Crippen MR) is 104 cm³/mol. The van der Waals surface area contributed by atoms with Gasteiger partial charge in [0.15, 0.2) is 0 Å². The minimum Gasteiger partial charge on any atom is -0.461 e. The fraction of sp³-hybridized carbons (Fsp3) is 0.333. The van der Waals surface area contributed by atoms with Gasteiger partial charge in [0.05, 0.1) is 10.6 Å². The second-order valence-electron chi connectivity index (χ2n) is 7.43. The maximum Gasteiger partial charge on any atom is 0.261 e. The topological polar surface area (TPSA) is 59.3 Å². The van der Waals surface area contributed by atoms with E-state index >= 15 is 0 Å². The maximum absolute atomic E-state index is 12.7. The summed E-state index contributed by atoms with van der Waals surface area (Å²) >= 11 is 0. The summed E-state index contributed by atoms with van der Waals surface area (Å²) < 4.78 is 34.3. The van der Waals surface area contributed by atoms with Gasteiger partial charge in [0.2, 0.25) is 0 Å². The Morgan fingerprint density at radius 3 is 2.58 bits per heavy atom. The Morgan fingerprint density at radius 2 is 1.85 bits per heavy atom. The average molecular weight is 369 g/mol. The Balaban J connectivity index is 1.75. The fourth-order valence-corrected chi connectivity index (χ4v) is 4.75. The maximum atomic E-state index is 12.7. The van der Waals surface area contributed by atoms with E-state index in [0.29, 0.717) is 11.6 Å². The second kappa shape index (κ2) is 6.16. The molecule has 1 aliphatic carbocycles. The van der Waals surface area contributed by atoms with Gasteiger partial charge in [-0.25, -0.2) is 8.42 Å². The number of benzene rings is 2. The van der Waals surface area contributed by atoms with Crippen molar-refractivity contribution in [1.29, 1.82) is 0 Å². The Labute approximate surface area is 154 Å². The van der Waals surface area contributed by atoms with Gasteiger partial charge in [-0.05, 0) is 62.4 Å². The zero-order valence-corrected chi connectivity index (χ0v) is 16.1. The van der Waals surface area contributed by atoms with Gasteiger partial charge in [0, 0.05) is 17.4 Å². The van der Waals surface area contributed by atoms with Crippen LogP contribution in [0.15, 0.2) is 45.7 Å². The Morgan fingerprint density at radius 1 is 1.12 bits per heavy atom. The fourth-order valence-electron chi connectivity index (χ4n) is 3.63. The summed E-state index contributed by atoms with van der Waals surface area (Å²) in [4.78, 5) is 0.269. The lowest BCUT2D eigenvalue weighted by atomic mass is 9.88. The van der Waals surface area contributed by atoms with E-state index in [2.05, 4.69) is 11.6 Å². The number of hydrogen-bond acceptors (Lipinski definition) is 3. The lowest BCUT2D eigenvalue weighted by Gasteiger charge is -2.17. The van der Waals surface area contributed by atoms with Gasteiger partial charge < -0.3 is 4.42 Å². The summed E-state index contributed by atoms with van der Waals surface area (Å²) in [7, 11) is -3.62. The summed E-state index contributed by atoms with van der Waals surface area (Å²) in [5, 5.41) is 1.03. The third-order valence-corrected chi connectivity index (χ3v) is 6.60. The zero-order chi connectivity index (χ0) is 18.5. The highest BCUT2D eigenvalue weighted by Gasteiger charge is 2.23. The number of rotatable bonds is 3. The number of furan rings is 1. The van der Waals surface area contributed by atoms with Crippen molar-refractivity contribution >= 4 is 26.7 Å². The first-order valence-electron chi connectivity index (χ1n) is 8.98. The highest BCUT2D eigenvalue weighted by Crippen LogP contribution is 2.37. The molecule has 1 aromatic heterocycles. The third kappa shape index (κ3) is 3.01. The molecule has 0 bridgehead atoms. The van der Waals surface area contributed by atoms with Crippen LogP contribution in [0.25, 0.3) is 11.0 Å². The quantitative estimate of drug-likeness (QED) is 0.709. The van der Waals surface area contributed by atoms with E-state index in [1.165, 1.54) is 5.56 Å². The van der Waals surface area contributed by atoms with Crippen LogP contribution < -0.4 is 4.72 Å². The van der Waals surface area contributed by atoms with E-state index in [1.807, 2.05) is 26.0 Å². The molecule has 4 rings (SSSR count). The van der Waals surface area contributed by atoms with E-state index in [4.69, 9.17) is 4.42 Å². The lowest BCUT2D eigenvalue weighted by molar-refractivity contribution is 0.438. The first kappa shape index (κ1) is 17.2. The third-order valence-electron chi connectivity index (χ3n) is 5.21. The van der Waals surface area contributed by atoms with Crippen LogP contribution in [-0.2, 0) is 22.9 Å². The molecule has 2 aromatic carbocycles. The van der Waals surface area contributed by atoms with Crippen LogP contribution >= 0.6 is 0 Å². The summed E-state index contributed by atoms with van der Waals surface area (Å²) in [6, 6.07) is 10.7. The highest BCUT2D eigenvalue weighted by molar-refractivity contribution is 7.92. The monoisotopic (exact) mass is 369 g/mol. The molecule has 4 nitrogen and oxygen atoms in total. The van der Waals surface area contributed by atoms with Crippen LogP contribution in [0.3, 0.4) is 0 Å². The van der Waals surface area contributed by atoms with Crippen LogP contribution in [0, 0.1) is 19.8 Å². The van der Waals surface area contributed by atoms with E-state index in [9.17, 15) is 8.42 Å². The van der Waals surface area contributed by atoms with Crippen molar-refractivity contribution in [1.82, 2.24) is 0 Å². The van der Waals surface area contributed by atoms with E-state index < -0.39 is 10.0 Å². The Kier molecular flexibility index (Phi) is 4.07. The molecule has 0 fully saturated rings. The van der Waals surface area contributed by atoms with Gasteiger partial charge in [-0.2, -0.15) is 0 Å². The van der Waals surface area contributed by atoms with Crippen LogP contribution in [-0.4, -0.2) is 8.42 Å². The van der Waals surface area contributed by atoms with Crippen molar-refractivity contribution < 1.29 is 12.8 Å². The molecule has 0 unspecified atom stereocenters. The van der Waals surface area contributed by atoms with Crippen LogP contribution in [0.1, 0.15) is 35.8 Å². The number of nitrogens with one attached hydrogen (secondary N) is 1. The van der Waals surface area contributed by atoms with Crippen LogP contribution in [0.4, 0.5) is 5.69 Å². The van der Waals surface area contributed by atoms with Gasteiger partial charge in [0.1, 0.15) is 11.3 Å². The Bertz CT molecular complexity index is 1080. The molecule has 1 N–H and O–H groups in total. The van der Waals surface area contributed by atoms with Crippen LogP contribution in [0.2, 0.25) is 0 Å². The molecular formula is C21H23NO3S. The molecule has 0 aliphatic heterocycles. The van der Waals surface area contributed by atoms with Gasteiger partial charge in [0.25, 0.3) is 10.0 Å². The molecule has 1 aliphatic rings. The molecule has 1 heterocycles. The second-order valence-corrected chi connectivity index (χ2v) is 9.12. The van der Waals surface area contributed by atoms with Crippen molar-refractivity contribution in [3.05, 3.63) is 58.8 Å². The standard InChI is InChI=1S/C21H23NO3S/c1-13-4-7-16(8-5-13)26(23,24)22-19-12-18-17-10-14(2)6-9-20(17)25-21(18)11-15(19)3/h4-5,7-8,11-12,14,22H,6,9-10H2,1-3H3/t14-/m1/s1. The van der Waals surface area contributed by atoms with Crippen molar-refractivity contribution in [3.8, 4) is 0 Å². The summed E-state index contributed by atoms with van der Waals surface area (Å²) in [6.45, 7) is 6.08. The largest absolute Gasteiger partial charge is 0.461 e. The van der Waals surface area contributed by atoms with E-state index in [1.54, 1.807) is 24.3 Å². The summed E-state index contributed by atoms with van der Waals surface area (Å²) in [5.74, 6) is 1.67. The lowest BCUT2D eigenvalue weighted by Crippen LogP contribution is -2.14. The zero-order valence-electron chi connectivity index (χ0n) is 15.3. The molecule has 1 atom stereocenters. The average Bonchev–Trinajstić information content (AvgIpc) is 2.92. The number of fused-ring (bicyclic) bond motifs is 3. The molecule has 0 saturated heterocycles. The van der Waals surface area contributed by atoms with Crippen molar-refractivity contribution in [2.24, 2.45) is 5.92 Å². The van der Waals surface area contributed by atoms with Gasteiger partial charge >= 0.3 is 0 Å². The highest BCUT2D eigenvalue weighted by atomic mass is 32.2. The number of anilines is 1. The molecule has 26 heavy (non-hydrogen) atoms. The van der Waals surface area contributed by atoms with Crippen molar-refractivity contribution in [2.45, 2.75) is 44.9 Å². The molecular weight excluding hydrogens is 346 g/mol. The van der Waals surface area contributed by atoms with Gasteiger partial charge in [-0.3, -0.25) is 4.72 Å². The summed E-state index contributed by atoms with van der Waals surface area (Å²) in [5.41, 5.74) is 4.57. The number of aryl methyl sites for hydroxylation is 3. The first-order valence-corrected chi connectivity index (χ1v) is 10.5. The molecule has 0 saturated carbocycles.